The summed E-state index contributed by atoms with van der Waals surface area (Å²) >= 11 is 12.0. The van der Waals surface area contributed by atoms with E-state index < -0.39 is 0 Å². The second-order valence-corrected chi connectivity index (χ2v) is 4.16. The maximum absolute atomic E-state index is 6.06. The van der Waals surface area contributed by atoms with Crippen LogP contribution in [0.3, 0.4) is 0 Å². The monoisotopic (exact) mass is 236 g/mol. The van der Waals surface area contributed by atoms with Crippen molar-refractivity contribution >= 4 is 39.8 Å². The standard InChI is InChI=1S/C11H6Cl2N2/c12-7-4-8-5-14-11-9(13)2-1-3-10(11)15(8)6-7/h1-6H. The molecule has 0 radical (unpaired) electrons. The van der Waals surface area contributed by atoms with E-state index in [0.29, 0.717) is 10.0 Å². The van der Waals surface area contributed by atoms with Crippen LogP contribution in [0.2, 0.25) is 10.0 Å². The molecular formula is C11H6Cl2N2. The highest BCUT2D eigenvalue weighted by Gasteiger charge is 2.05. The maximum atomic E-state index is 6.06. The van der Waals surface area contributed by atoms with E-state index in [2.05, 4.69) is 4.98 Å². The van der Waals surface area contributed by atoms with E-state index in [-0.39, 0.29) is 0 Å². The zero-order chi connectivity index (χ0) is 10.4. The molecule has 0 saturated heterocycles. The summed E-state index contributed by atoms with van der Waals surface area (Å²) in [5.41, 5.74) is 2.72. The lowest BCUT2D eigenvalue weighted by atomic mass is 10.3. The van der Waals surface area contributed by atoms with E-state index in [0.717, 1.165) is 16.6 Å². The Morgan fingerprint density at radius 1 is 1.20 bits per heavy atom. The summed E-state index contributed by atoms with van der Waals surface area (Å²) < 4.78 is 1.98. The number of para-hydroxylation sites is 1. The van der Waals surface area contributed by atoms with Gasteiger partial charge in [0.15, 0.2) is 0 Å². The third-order valence-corrected chi connectivity index (χ3v) is 2.88. The first-order valence-electron chi connectivity index (χ1n) is 4.46. The predicted octanol–water partition coefficient (Wildman–Crippen LogP) is 3.79. The van der Waals surface area contributed by atoms with Crippen molar-refractivity contribution in [2.45, 2.75) is 0 Å². The molecule has 0 fully saturated rings. The van der Waals surface area contributed by atoms with Crippen LogP contribution in [0.5, 0.6) is 0 Å². The molecule has 3 rings (SSSR count). The Morgan fingerprint density at radius 3 is 2.93 bits per heavy atom. The maximum Gasteiger partial charge on any atom is 0.106 e. The molecule has 2 aromatic heterocycles. The number of rotatable bonds is 0. The number of hydrogen-bond donors (Lipinski definition) is 0. The van der Waals surface area contributed by atoms with Crippen molar-refractivity contribution in [1.82, 2.24) is 9.38 Å². The Morgan fingerprint density at radius 2 is 2.07 bits per heavy atom. The fourth-order valence-corrected chi connectivity index (χ4v) is 2.14. The molecule has 0 aliphatic heterocycles. The molecule has 3 aromatic rings. The van der Waals surface area contributed by atoms with Gasteiger partial charge in [-0.15, -0.1) is 0 Å². The van der Waals surface area contributed by atoms with Gasteiger partial charge in [-0.1, -0.05) is 29.3 Å². The molecule has 0 aliphatic carbocycles. The van der Waals surface area contributed by atoms with Gasteiger partial charge in [0.1, 0.15) is 5.52 Å². The Hall–Kier alpha value is -1.25. The number of fused-ring (bicyclic) bond motifs is 3. The molecule has 0 aliphatic rings. The van der Waals surface area contributed by atoms with Crippen LogP contribution in [0.25, 0.3) is 16.6 Å². The van der Waals surface area contributed by atoms with Crippen LogP contribution in [0, 0.1) is 0 Å². The van der Waals surface area contributed by atoms with Crippen LogP contribution >= 0.6 is 23.2 Å². The number of benzene rings is 1. The van der Waals surface area contributed by atoms with E-state index in [1.807, 2.05) is 34.9 Å². The summed E-state index contributed by atoms with van der Waals surface area (Å²) in [5, 5.41) is 1.35. The van der Waals surface area contributed by atoms with Crippen molar-refractivity contribution in [3.63, 3.8) is 0 Å². The van der Waals surface area contributed by atoms with Gasteiger partial charge in [0.05, 0.1) is 27.3 Å². The molecule has 0 atom stereocenters. The fourth-order valence-electron chi connectivity index (χ4n) is 1.71. The van der Waals surface area contributed by atoms with Crippen molar-refractivity contribution in [2.75, 3.05) is 0 Å². The topological polar surface area (TPSA) is 17.3 Å². The van der Waals surface area contributed by atoms with Crippen molar-refractivity contribution in [1.29, 1.82) is 0 Å². The third-order valence-electron chi connectivity index (χ3n) is 2.37. The van der Waals surface area contributed by atoms with Gasteiger partial charge in [0.2, 0.25) is 0 Å². The van der Waals surface area contributed by atoms with Crippen LogP contribution in [-0.4, -0.2) is 9.38 Å². The summed E-state index contributed by atoms with van der Waals surface area (Å²) in [6.07, 6.45) is 3.62. The second-order valence-electron chi connectivity index (χ2n) is 3.32. The smallest absolute Gasteiger partial charge is 0.106 e. The first-order valence-corrected chi connectivity index (χ1v) is 5.22. The molecule has 0 spiro atoms. The van der Waals surface area contributed by atoms with Gasteiger partial charge in [-0.3, -0.25) is 4.98 Å². The van der Waals surface area contributed by atoms with Crippen LogP contribution in [0.1, 0.15) is 0 Å². The molecule has 0 bridgehead atoms. The van der Waals surface area contributed by atoms with Crippen molar-refractivity contribution < 1.29 is 0 Å². The summed E-state index contributed by atoms with van der Waals surface area (Å²) in [7, 11) is 0. The van der Waals surface area contributed by atoms with Crippen LogP contribution in [0.15, 0.2) is 36.7 Å². The molecule has 0 unspecified atom stereocenters. The Balaban J connectivity index is 2.59. The zero-order valence-corrected chi connectivity index (χ0v) is 9.13. The SMILES string of the molecule is Clc1cc2cnc3c(Cl)cccc3n2c1. The molecule has 0 saturated carbocycles. The van der Waals surface area contributed by atoms with Gasteiger partial charge >= 0.3 is 0 Å². The number of nitrogens with zero attached hydrogens (tertiary/aromatic N) is 2. The lowest BCUT2D eigenvalue weighted by Gasteiger charge is -2.02. The Bertz CT molecular complexity index is 658. The molecule has 2 nitrogen and oxygen atoms in total. The molecule has 1 aromatic carbocycles. The molecule has 0 N–H and O–H groups in total. The van der Waals surface area contributed by atoms with Gasteiger partial charge in [-0.05, 0) is 18.2 Å². The van der Waals surface area contributed by atoms with Gasteiger partial charge in [0, 0.05) is 6.20 Å². The van der Waals surface area contributed by atoms with Crippen molar-refractivity contribution in [3.05, 3.63) is 46.7 Å². The van der Waals surface area contributed by atoms with Crippen LogP contribution in [-0.2, 0) is 0 Å². The summed E-state index contributed by atoms with van der Waals surface area (Å²) in [4.78, 5) is 4.31. The van der Waals surface area contributed by atoms with E-state index in [1.165, 1.54) is 0 Å². The van der Waals surface area contributed by atoms with Gasteiger partial charge in [-0.2, -0.15) is 0 Å². The fraction of sp³-hybridized carbons (Fsp3) is 0. The van der Waals surface area contributed by atoms with Crippen molar-refractivity contribution in [3.8, 4) is 0 Å². The van der Waals surface area contributed by atoms with Crippen LogP contribution in [0.4, 0.5) is 0 Å². The highest BCUT2D eigenvalue weighted by molar-refractivity contribution is 6.35. The highest BCUT2D eigenvalue weighted by Crippen LogP contribution is 2.24. The highest BCUT2D eigenvalue weighted by atomic mass is 35.5. The average Bonchev–Trinajstić information content (AvgIpc) is 2.59. The number of aromatic nitrogens is 2. The normalized spacial score (nSPS) is 11.3. The molecule has 2 heterocycles. The Kier molecular flexibility index (Phi) is 1.87. The van der Waals surface area contributed by atoms with E-state index in [1.54, 1.807) is 6.20 Å². The minimum atomic E-state index is 0.652. The van der Waals surface area contributed by atoms with E-state index >= 15 is 0 Å². The lowest BCUT2D eigenvalue weighted by molar-refractivity contribution is 1.23. The number of halogens is 2. The minimum absolute atomic E-state index is 0.652. The number of hydrogen-bond acceptors (Lipinski definition) is 1. The van der Waals surface area contributed by atoms with E-state index in [4.69, 9.17) is 23.2 Å². The third kappa shape index (κ3) is 1.29. The molecule has 15 heavy (non-hydrogen) atoms. The average molecular weight is 237 g/mol. The molecular weight excluding hydrogens is 231 g/mol. The first kappa shape index (κ1) is 9.01. The molecule has 4 heteroatoms. The van der Waals surface area contributed by atoms with Gasteiger partial charge in [-0.25, -0.2) is 0 Å². The van der Waals surface area contributed by atoms with Gasteiger partial charge < -0.3 is 4.40 Å². The largest absolute Gasteiger partial charge is 0.312 e. The van der Waals surface area contributed by atoms with Gasteiger partial charge in [0.25, 0.3) is 0 Å². The summed E-state index contributed by atoms with van der Waals surface area (Å²) in [5.74, 6) is 0. The summed E-state index contributed by atoms with van der Waals surface area (Å²) in [6.45, 7) is 0. The second kappa shape index (κ2) is 3.12. The molecule has 0 amide bonds. The zero-order valence-electron chi connectivity index (χ0n) is 7.61. The van der Waals surface area contributed by atoms with E-state index in [9.17, 15) is 0 Å². The first-order chi connectivity index (χ1) is 7.25. The minimum Gasteiger partial charge on any atom is -0.312 e. The quantitative estimate of drug-likeness (QED) is 0.581. The Labute approximate surface area is 96.1 Å². The van der Waals surface area contributed by atoms with Crippen LogP contribution < -0.4 is 0 Å². The lowest BCUT2D eigenvalue weighted by Crippen LogP contribution is -1.88. The summed E-state index contributed by atoms with van der Waals surface area (Å²) in [6, 6.07) is 7.57. The van der Waals surface area contributed by atoms with Crippen molar-refractivity contribution in [2.24, 2.45) is 0 Å². The predicted molar refractivity (Wildman–Crippen MR) is 62.7 cm³/mol. The molecule has 74 valence electrons.